The molecule has 6 heteroatoms. The first-order valence-corrected chi connectivity index (χ1v) is 6.02. The smallest absolute Gasteiger partial charge is 0.360 e. The van der Waals surface area contributed by atoms with Crippen molar-refractivity contribution in [1.29, 1.82) is 0 Å². The summed E-state index contributed by atoms with van der Waals surface area (Å²) in [4.78, 5) is 15.1. The van der Waals surface area contributed by atoms with Crippen molar-refractivity contribution >= 4 is 5.52 Å². The average Bonchev–Trinajstić information content (AvgIpc) is 2.89. The minimum Gasteiger partial charge on any atom is -0.497 e. The monoisotopic (exact) mass is 271 g/mol. The zero-order valence-electron chi connectivity index (χ0n) is 11.1. The molecule has 3 rings (SSSR count). The number of hydrogen-bond acceptors (Lipinski definition) is 4. The number of benzene rings is 1. The Morgan fingerprint density at radius 1 is 1.15 bits per heavy atom. The highest BCUT2D eigenvalue weighted by Gasteiger charge is 2.12. The van der Waals surface area contributed by atoms with Gasteiger partial charge in [-0.3, -0.25) is 4.52 Å². The van der Waals surface area contributed by atoms with Gasteiger partial charge in [0.2, 0.25) is 0 Å². The topological polar surface area (TPSA) is 68.6 Å². The predicted octanol–water partition coefficient (Wildman–Crippen LogP) is 1.71. The Morgan fingerprint density at radius 2 is 2.00 bits per heavy atom. The Balaban J connectivity index is 2.25. The highest BCUT2D eigenvalue weighted by atomic mass is 16.5. The molecule has 2 heterocycles. The van der Waals surface area contributed by atoms with Crippen LogP contribution in [0.5, 0.6) is 11.5 Å². The molecule has 0 fully saturated rings. The van der Waals surface area contributed by atoms with Crippen molar-refractivity contribution in [1.82, 2.24) is 14.6 Å². The molecule has 3 aromatic rings. The van der Waals surface area contributed by atoms with Crippen LogP contribution in [-0.2, 0) is 0 Å². The van der Waals surface area contributed by atoms with E-state index in [4.69, 9.17) is 9.47 Å². The summed E-state index contributed by atoms with van der Waals surface area (Å²) in [5, 5.41) is 2.68. The molecule has 0 bridgehead atoms. The first kappa shape index (κ1) is 12.3. The number of H-pyrrole nitrogens is 1. The molecule has 0 radical (unpaired) electrons. The van der Waals surface area contributed by atoms with Crippen LogP contribution in [0.2, 0.25) is 0 Å². The van der Waals surface area contributed by atoms with Crippen LogP contribution in [0.3, 0.4) is 0 Å². The molecule has 1 aromatic carbocycles. The molecule has 20 heavy (non-hydrogen) atoms. The van der Waals surface area contributed by atoms with Crippen molar-refractivity contribution in [2.24, 2.45) is 0 Å². The molecule has 0 aliphatic carbocycles. The van der Waals surface area contributed by atoms with E-state index in [-0.39, 0.29) is 0 Å². The van der Waals surface area contributed by atoms with Crippen LogP contribution in [0.1, 0.15) is 0 Å². The molecule has 6 nitrogen and oxygen atoms in total. The van der Waals surface area contributed by atoms with Crippen LogP contribution in [0.25, 0.3) is 16.8 Å². The molecule has 0 saturated carbocycles. The number of ether oxygens (including phenoxy) is 2. The number of nitrogens with zero attached hydrogens (tertiary/aromatic N) is 2. The van der Waals surface area contributed by atoms with Gasteiger partial charge in [-0.25, -0.2) is 9.89 Å². The zero-order chi connectivity index (χ0) is 14.1. The SMILES string of the molecule is COc1ccc(-c2ccc3cnc(=O)[nH]n23)c(OC)c1. The Kier molecular flexibility index (Phi) is 2.90. The van der Waals surface area contributed by atoms with Gasteiger partial charge in [-0.1, -0.05) is 0 Å². The number of aromatic amines is 1. The van der Waals surface area contributed by atoms with Crippen LogP contribution in [0.4, 0.5) is 0 Å². The molecule has 0 spiro atoms. The molecule has 2 aromatic heterocycles. The minimum absolute atomic E-state index is 0.401. The number of nitrogens with one attached hydrogen (secondary N) is 1. The first-order valence-electron chi connectivity index (χ1n) is 6.02. The van der Waals surface area contributed by atoms with E-state index in [1.807, 2.05) is 24.3 Å². The molecule has 102 valence electrons. The summed E-state index contributed by atoms with van der Waals surface area (Å²) in [7, 11) is 3.20. The first-order chi connectivity index (χ1) is 9.72. The molecule has 0 atom stereocenters. The van der Waals surface area contributed by atoms with Gasteiger partial charge in [0.05, 0.1) is 31.6 Å². The summed E-state index contributed by atoms with van der Waals surface area (Å²) >= 11 is 0. The largest absolute Gasteiger partial charge is 0.497 e. The Bertz CT molecular complexity index is 820. The van der Waals surface area contributed by atoms with Crippen molar-refractivity contribution in [3.8, 4) is 22.8 Å². The maximum Gasteiger partial charge on any atom is 0.360 e. The van der Waals surface area contributed by atoms with E-state index in [0.717, 1.165) is 16.8 Å². The summed E-state index contributed by atoms with van der Waals surface area (Å²) in [6.07, 6.45) is 1.53. The highest BCUT2D eigenvalue weighted by Crippen LogP contribution is 2.33. The van der Waals surface area contributed by atoms with Gasteiger partial charge in [0, 0.05) is 11.6 Å². The van der Waals surface area contributed by atoms with Crippen molar-refractivity contribution in [2.75, 3.05) is 14.2 Å². The second-order valence-electron chi connectivity index (χ2n) is 4.22. The Hall–Kier alpha value is -2.76. The Morgan fingerprint density at radius 3 is 2.75 bits per heavy atom. The summed E-state index contributed by atoms with van der Waals surface area (Å²) in [5.41, 5.74) is 2.08. The van der Waals surface area contributed by atoms with Gasteiger partial charge in [0.15, 0.2) is 0 Å². The van der Waals surface area contributed by atoms with E-state index in [0.29, 0.717) is 11.5 Å². The predicted molar refractivity (Wildman–Crippen MR) is 74.4 cm³/mol. The lowest BCUT2D eigenvalue weighted by atomic mass is 10.1. The van der Waals surface area contributed by atoms with Gasteiger partial charge in [0.1, 0.15) is 11.5 Å². The van der Waals surface area contributed by atoms with Crippen molar-refractivity contribution < 1.29 is 9.47 Å². The number of aromatic nitrogens is 3. The fraction of sp³-hybridized carbons (Fsp3) is 0.143. The van der Waals surface area contributed by atoms with Crippen molar-refractivity contribution in [3.05, 3.63) is 47.0 Å². The second-order valence-corrected chi connectivity index (χ2v) is 4.22. The molecular weight excluding hydrogens is 258 g/mol. The molecular formula is C14H13N3O3. The van der Waals surface area contributed by atoms with Crippen LogP contribution >= 0.6 is 0 Å². The lowest BCUT2D eigenvalue weighted by Gasteiger charge is -2.10. The fourth-order valence-electron chi connectivity index (χ4n) is 2.15. The minimum atomic E-state index is -0.401. The van der Waals surface area contributed by atoms with E-state index in [1.165, 1.54) is 6.20 Å². The van der Waals surface area contributed by atoms with Crippen LogP contribution in [-0.4, -0.2) is 28.8 Å². The van der Waals surface area contributed by atoms with Crippen LogP contribution in [0.15, 0.2) is 41.3 Å². The summed E-state index contributed by atoms with van der Waals surface area (Å²) in [5.74, 6) is 1.38. The third-order valence-corrected chi connectivity index (χ3v) is 3.12. The van der Waals surface area contributed by atoms with Crippen molar-refractivity contribution in [3.63, 3.8) is 0 Å². The van der Waals surface area contributed by atoms with Gasteiger partial charge in [-0.2, -0.15) is 4.98 Å². The van der Waals surface area contributed by atoms with Gasteiger partial charge in [0.25, 0.3) is 0 Å². The van der Waals surface area contributed by atoms with E-state index in [2.05, 4.69) is 10.1 Å². The maximum absolute atomic E-state index is 11.4. The van der Waals surface area contributed by atoms with Gasteiger partial charge in [-0.05, 0) is 24.3 Å². The zero-order valence-corrected chi connectivity index (χ0v) is 11.1. The highest BCUT2D eigenvalue weighted by molar-refractivity contribution is 5.72. The summed E-state index contributed by atoms with van der Waals surface area (Å²) in [6.45, 7) is 0. The standard InChI is InChI=1S/C14H13N3O3/c1-19-10-4-5-11(13(7-10)20-2)12-6-3-9-8-15-14(18)16-17(9)12/h3-8H,1-2H3,(H,16,18). The molecule has 0 unspecified atom stereocenters. The van der Waals surface area contributed by atoms with Crippen LogP contribution < -0.4 is 15.2 Å². The normalized spacial score (nSPS) is 10.7. The van der Waals surface area contributed by atoms with Crippen LogP contribution in [0, 0.1) is 0 Å². The lowest BCUT2D eigenvalue weighted by molar-refractivity contribution is 0.395. The number of methoxy groups -OCH3 is 2. The quantitative estimate of drug-likeness (QED) is 0.787. The molecule has 0 saturated heterocycles. The number of hydrogen-bond donors (Lipinski definition) is 1. The van der Waals surface area contributed by atoms with Crippen molar-refractivity contribution in [2.45, 2.75) is 0 Å². The maximum atomic E-state index is 11.4. The van der Waals surface area contributed by atoms with E-state index in [1.54, 1.807) is 24.8 Å². The van der Waals surface area contributed by atoms with Gasteiger partial charge >= 0.3 is 5.69 Å². The average molecular weight is 271 g/mol. The molecule has 1 N–H and O–H groups in total. The van der Waals surface area contributed by atoms with Gasteiger partial charge in [-0.15, -0.1) is 0 Å². The Labute approximate surface area is 114 Å². The van der Waals surface area contributed by atoms with E-state index < -0.39 is 5.69 Å². The lowest BCUT2D eigenvalue weighted by Crippen LogP contribution is -2.14. The van der Waals surface area contributed by atoms with E-state index in [9.17, 15) is 4.79 Å². The summed E-state index contributed by atoms with van der Waals surface area (Å²) in [6, 6.07) is 9.31. The molecule has 0 amide bonds. The third kappa shape index (κ3) is 1.91. The second kappa shape index (κ2) is 4.73. The van der Waals surface area contributed by atoms with E-state index >= 15 is 0 Å². The third-order valence-electron chi connectivity index (χ3n) is 3.12. The molecule has 0 aliphatic heterocycles. The number of rotatable bonds is 3. The van der Waals surface area contributed by atoms with Gasteiger partial charge < -0.3 is 9.47 Å². The molecule has 0 aliphatic rings. The number of fused-ring (bicyclic) bond motifs is 1. The summed E-state index contributed by atoms with van der Waals surface area (Å²) < 4.78 is 12.3. The fourth-order valence-corrected chi connectivity index (χ4v) is 2.15.